The number of hydrogen-bond donors (Lipinski definition) is 1. The van der Waals surface area contributed by atoms with E-state index >= 15 is 0 Å². The van der Waals surface area contributed by atoms with Gasteiger partial charge in [-0.3, -0.25) is 9.69 Å². The van der Waals surface area contributed by atoms with Crippen LogP contribution in [0.25, 0.3) is 10.2 Å². The predicted molar refractivity (Wildman–Crippen MR) is 114 cm³/mol. The summed E-state index contributed by atoms with van der Waals surface area (Å²) in [5.41, 5.74) is 4.02. The van der Waals surface area contributed by atoms with Gasteiger partial charge in [0.1, 0.15) is 0 Å². The van der Waals surface area contributed by atoms with E-state index in [1.54, 1.807) is 11.3 Å². The van der Waals surface area contributed by atoms with Crippen LogP contribution in [0, 0.1) is 6.92 Å². The van der Waals surface area contributed by atoms with E-state index in [0.29, 0.717) is 6.54 Å². The number of rotatable bonds is 7. The number of hydrogen-bond acceptors (Lipinski definition) is 3. The van der Waals surface area contributed by atoms with Crippen molar-refractivity contribution in [2.45, 2.75) is 26.7 Å². The maximum atomic E-state index is 13.3. The first kappa shape index (κ1) is 19.5. The molecule has 0 saturated heterocycles. The normalized spacial score (nSPS) is 11.3. The van der Waals surface area contributed by atoms with Gasteiger partial charge in [-0.05, 0) is 42.7 Å². The molecule has 5 heteroatoms. The Labute approximate surface area is 165 Å². The molecule has 0 atom stereocenters. The Bertz CT molecular complexity index is 932. The van der Waals surface area contributed by atoms with Gasteiger partial charge >= 0.3 is 0 Å². The fraction of sp³-hybridized carbons (Fsp3) is 0.364. The molecule has 2 aromatic carbocycles. The van der Waals surface area contributed by atoms with E-state index in [1.165, 1.54) is 10.5 Å². The number of aromatic nitrogens is 1. The second-order valence-electron chi connectivity index (χ2n) is 7.23. The Morgan fingerprint density at radius 3 is 2.67 bits per heavy atom. The van der Waals surface area contributed by atoms with Crippen molar-refractivity contribution in [3.05, 3.63) is 59.2 Å². The second kappa shape index (κ2) is 8.63. The lowest BCUT2D eigenvalue weighted by Crippen LogP contribution is -3.05. The minimum absolute atomic E-state index is 0.0385. The zero-order valence-corrected chi connectivity index (χ0v) is 17.4. The summed E-state index contributed by atoms with van der Waals surface area (Å²) in [5.74, 6) is 0.0385. The van der Waals surface area contributed by atoms with Crippen LogP contribution in [0.15, 0.2) is 42.5 Å². The van der Waals surface area contributed by atoms with Gasteiger partial charge in [0.15, 0.2) is 5.13 Å². The second-order valence-corrected chi connectivity index (χ2v) is 8.24. The molecule has 4 nitrogen and oxygen atoms in total. The average molecular weight is 383 g/mol. The zero-order chi connectivity index (χ0) is 19.4. The summed E-state index contributed by atoms with van der Waals surface area (Å²) < 4.78 is 1.14. The molecule has 3 rings (SSSR count). The third-order valence-electron chi connectivity index (χ3n) is 4.76. The number of fused-ring (bicyclic) bond motifs is 1. The van der Waals surface area contributed by atoms with Crippen LogP contribution in [0.5, 0.6) is 0 Å². The lowest BCUT2D eigenvalue weighted by atomic mass is 10.1. The van der Waals surface area contributed by atoms with Gasteiger partial charge in [0.2, 0.25) is 0 Å². The summed E-state index contributed by atoms with van der Waals surface area (Å²) in [7, 11) is 4.27. The van der Waals surface area contributed by atoms with Gasteiger partial charge in [-0.1, -0.05) is 42.5 Å². The van der Waals surface area contributed by atoms with Crippen LogP contribution in [0.4, 0.5) is 5.13 Å². The molecule has 1 N–H and O–H groups in total. The van der Waals surface area contributed by atoms with Crippen LogP contribution < -0.4 is 9.80 Å². The van der Waals surface area contributed by atoms with Crippen LogP contribution in [0.1, 0.15) is 34.8 Å². The highest BCUT2D eigenvalue weighted by Gasteiger charge is 2.22. The highest BCUT2D eigenvalue weighted by Crippen LogP contribution is 2.31. The lowest BCUT2D eigenvalue weighted by molar-refractivity contribution is -0.858. The van der Waals surface area contributed by atoms with E-state index in [2.05, 4.69) is 39.2 Å². The quantitative estimate of drug-likeness (QED) is 0.680. The van der Waals surface area contributed by atoms with Gasteiger partial charge in [0, 0.05) is 18.5 Å². The molecule has 142 valence electrons. The molecular formula is C22H28N3OS+. The summed E-state index contributed by atoms with van der Waals surface area (Å²) in [5, 5.41) is 0.792. The van der Waals surface area contributed by atoms with Crippen molar-refractivity contribution >= 4 is 32.6 Å². The van der Waals surface area contributed by atoms with Crippen LogP contribution in [0.3, 0.4) is 0 Å². The first-order valence-electron chi connectivity index (χ1n) is 9.55. The summed E-state index contributed by atoms with van der Waals surface area (Å²) >= 11 is 1.61. The average Bonchev–Trinajstić information content (AvgIpc) is 3.07. The number of nitrogens with one attached hydrogen (secondary N) is 1. The molecule has 27 heavy (non-hydrogen) atoms. The Balaban J connectivity index is 1.96. The maximum absolute atomic E-state index is 13.3. The third kappa shape index (κ3) is 4.54. The minimum atomic E-state index is 0.0385. The van der Waals surface area contributed by atoms with Crippen LogP contribution in [0.2, 0.25) is 0 Å². The molecule has 0 bridgehead atoms. The Kier molecular flexibility index (Phi) is 6.24. The summed E-state index contributed by atoms with van der Waals surface area (Å²) in [6, 6.07) is 14.2. The molecule has 0 aliphatic rings. The molecule has 0 unspecified atom stereocenters. The Morgan fingerprint density at radius 2 is 1.96 bits per heavy atom. The van der Waals surface area contributed by atoms with E-state index < -0.39 is 0 Å². The number of amides is 1. The SMILES string of the molecule is CCc1ccc2nc(N(CCC[NH+](C)C)C(=O)c3ccccc3C)sc2c1. The molecule has 1 heterocycles. The zero-order valence-electron chi connectivity index (χ0n) is 16.6. The highest BCUT2D eigenvalue weighted by atomic mass is 32.1. The third-order valence-corrected chi connectivity index (χ3v) is 5.80. The molecule has 1 aromatic heterocycles. The van der Waals surface area contributed by atoms with Gasteiger partial charge in [-0.2, -0.15) is 0 Å². The summed E-state index contributed by atoms with van der Waals surface area (Å²) in [6.07, 6.45) is 1.94. The fourth-order valence-corrected chi connectivity index (χ4v) is 4.18. The number of carbonyl (C=O) groups excluding carboxylic acids is 1. The molecular weight excluding hydrogens is 354 g/mol. The lowest BCUT2D eigenvalue weighted by Gasteiger charge is -2.21. The number of nitrogens with zero attached hydrogens (tertiary/aromatic N) is 2. The molecule has 0 fully saturated rings. The maximum Gasteiger partial charge on any atom is 0.260 e. The van der Waals surface area contributed by atoms with Gasteiger partial charge in [0.05, 0.1) is 30.9 Å². The molecule has 0 aliphatic heterocycles. The summed E-state index contributed by atoms with van der Waals surface area (Å²) in [4.78, 5) is 21.4. The van der Waals surface area contributed by atoms with Crippen LogP contribution in [-0.2, 0) is 6.42 Å². The van der Waals surface area contributed by atoms with E-state index in [4.69, 9.17) is 4.98 Å². The molecule has 0 radical (unpaired) electrons. The molecule has 0 aliphatic carbocycles. The molecule has 0 saturated carbocycles. The van der Waals surface area contributed by atoms with Gasteiger partial charge in [0.25, 0.3) is 5.91 Å². The Morgan fingerprint density at radius 1 is 1.19 bits per heavy atom. The molecule has 3 aromatic rings. The van der Waals surface area contributed by atoms with Crippen molar-refractivity contribution in [1.82, 2.24) is 4.98 Å². The summed E-state index contributed by atoms with van der Waals surface area (Å²) in [6.45, 7) is 5.84. The standard InChI is InChI=1S/C22H27N3OS/c1-5-17-11-12-19-20(15-17)27-22(23-19)25(14-8-13-24(3)4)21(26)18-10-7-6-9-16(18)2/h6-7,9-12,15H,5,8,13-14H2,1-4H3/p+1. The van der Waals surface area contributed by atoms with E-state index in [0.717, 1.165) is 45.9 Å². The number of benzene rings is 2. The minimum Gasteiger partial charge on any atom is -0.340 e. The first-order chi connectivity index (χ1) is 13.0. The highest BCUT2D eigenvalue weighted by molar-refractivity contribution is 7.22. The Hall–Kier alpha value is -2.24. The van der Waals surface area contributed by atoms with Crippen molar-refractivity contribution in [2.24, 2.45) is 0 Å². The number of aryl methyl sites for hydroxylation is 2. The first-order valence-corrected chi connectivity index (χ1v) is 10.4. The van der Waals surface area contributed by atoms with Gasteiger partial charge in [-0.25, -0.2) is 4.98 Å². The largest absolute Gasteiger partial charge is 0.340 e. The fourth-order valence-electron chi connectivity index (χ4n) is 3.13. The van der Waals surface area contributed by atoms with Gasteiger partial charge in [-0.15, -0.1) is 0 Å². The molecule has 0 spiro atoms. The van der Waals surface area contributed by atoms with Crippen molar-refractivity contribution in [3.8, 4) is 0 Å². The molecule has 1 amide bonds. The van der Waals surface area contributed by atoms with Crippen LogP contribution in [-0.4, -0.2) is 38.1 Å². The number of anilines is 1. The van der Waals surface area contributed by atoms with Gasteiger partial charge < -0.3 is 4.90 Å². The predicted octanol–water partition coefficient (Wildman–Crippen LogP) is 3.35. The van der Waals surface area contributed by atoms with Crippen molar-refractivity contribution < 1.29 is 9.69 Å². The van der Waals surface area contributed by atoms with E-state index in [9.17, 15) is 4.79 Å². The smallest absolute Gasteiger partial charge is 0.260 e. The monoisotopic (exact) mass is 382 g/mol. The van der Waals surface area contributed by atoms with Crippen LogP contribution >= 0.6 is 11.3 Å². The van der Waals surface area contributed by atoms with E-state index in [-0.39, 0.29) is 5.91 Å². The number of thiazole rings is 1. The van der Waals surface area contributed by atoms with Crippen molar-refractivity contribution in [1.29, 1.82) is 0 Å². The number of carbonyl (C=O) groups is 1. The number of quaternary nitrogens is 1. The van der Waals surface area contributed by atoms with E-state index in [1.807, 2.05) is 36.1 Å². The van der Waals surface area contributed by atoms with Crippen molar-refractivity contribution in [2.75, 3.05) is 32.1 Å². The topological polar surface area (TPSA) is 37.6 Å². The van der Waals surface area contributed by atoms with Crippen molar-refractivity contribution in [3.63, 3.8) is 0 Å².